The maximum Gasteiger partial charge on any atom is 0.248 e. The van der Waals surface area contributed by atoms with E-state index in [2.05, 4.69) is 15.3 Å². The number of thiazole rings is 1. The number of ether oxygens (including phenoxy) is 3. The van der Waals surface area contributed by atoms with Crippen LogP contribution in [0.3, 0.4) is 0 Å². The number of carbonyl (C=O) groups is 1. The second-order valence-corrected chi connectivity index (χ2v) is 7.68. The summed E-state index contributed by atoms with van der Waals surface area (Å²) >= 11 is 1.53. The minimum atomic E-state index is -0.254. The molecule has 162 valence electrons. The Morgan fingerprint density at radius 2 is 1.72 bits per heavy atom. The molecule has 1 N–H and O–H groups in total. The van der Waals surface area contributed by atoms with Gasteiger partial charge in [0.1, 0.15) is 15.4 Å². The maximum atomic E-state index is 12.4. The molecule has 4 rings (SSSR count). The highest BCUT2D eigenvalue weighted by molar-refractivity contribution is 7.21. The second kappa shape index (κ2) is 9.49. The Kier molecular flexibility index (Phi) is 6.32. The minimum Gasteiger partial charge on any atom is -0.493 e. The number of hydrogen-bond acceptors (Lipinski definition) is 7. The van der Waals surface area contributed by atoms with Gasteiger partial charge in [-0.1, -0.05) is 11.3 Å². The van der Waals surface area contributed by atoms with Gasteiger partial charge >= 0.3 is 0 Å². The molecule has 2 aromatic carbocycles. The van der Waals surface area contributed by atoms with Crippen molar-refractivity contribution >= 4 is 39.4 Å². The lowest BCUT2D eigenvalue weighted by Gasteiger charge is -2.12. The van der Waals surface area contributed by atoms with Crippen LogP contribution in [-0.4, -0.2) is 37.2 Å². The molecule has 0 fully saturated rings. The highest BCUT2D eigenvalue weighted by atomic mass is 32.1. The lowest BCUT2D eigenvalue weighted by atomic mass is 10.1. The van der Waals surface area contributed by atoms with Crippen molar-refractivity contribution in [2.75, 3.05) is 26.6 Å². The smallest absolute Gasteiger partial charge is 0.248 e. The van der Waals surface area contributed by atoms with Crippen LogP contribution in [0.1, 0.15) is 5.56 Å². The predicted octanol–water partition coefficient (Wildman–Crippen LogP) is 5.04. The number of nitrogens with zero attached hydrogens (tertiary/aromatic N) is 2. The first-order valence-corrected chi connectivity index (χ1v) is 10.5. The van der Waals surface area contributed by atoms with E-state index in [1.807, 2.05) is 36.4 Å². The number of amides is 1. The predicted molar refractivity (Wildman–Crippen MR) is 127 cm³/mol. The Morgan fingerprint density at radius 3 is 2.34 bits per heavy atom. The van der Waals surface area contributed by atoms with E-state index in [-0.39, 0.29) is 5.91 Å². The fourth-order valence-electron chi connectivity index (χ4n) is 3.14. The van der Waals surface area contributed by atoms with E-state index < -0.39 is 0 Å². The molecule has 0 radical (unpaired) electrons. The van der Waals surface area contributed by atoms with E-state index in [1.165, 1.54) is 17.4 Å². The average molecular weight is 448 g/mol. The van der Waals surface area contributed by atoms with Gasteiger partial charge in [0.2, 0.25) is 11.7 Å². The van der Waals surface area contributed by atoms with Crippen molar-refractivity contribution in [2.24, 2.45) is 0 Å². The van der Waals surface area contributed by atoms with E-state index in [0.717, 1.165) is 26.5 Å². The van der Waals surface area contributed by atoms with Gasteiger partial charge in [-0.05, 0) is 60.2 Å². The summed E-state index contributed by atoms with van der Waals surface area (Å²) in [6.45, 7) is 0. The molecule has 0 saturated heterocycles. The largest absolute Gasteiger partial charge is 0.493 e. The summed E-state index contributed by atoms with van der Waals surface area (Å²) in [6.07, 6.45) is 4.89. The number of aromatic nitrogens is 2. The van der Waals surface area contributed by atoms with Crippen LogP contribution in [0, 0.1) is 0 Å². The summed E-state index contributed by atoms with van der Waals surface area (Å²) in [5.41, 5.74) is 3.28. The summed E-state index contributed by atoms with van der Waals surface area (Å²) in [4.78, 5) is 22.2. The number of methoxy groups -OCH3 is 3. The third kappa shape index (κ3) is 4.55. The Morgan fingerprint density at radius 1 is 1.00 bits per heavy atom. The number of fused-ring (bicyclic) bond motifs is 1. The highest BCUT2D eigenvalue weighted by Crippen LogP contribution is 2.38. The lowest BCUT2D eigenvalue weighted by molar-refractivity contribution is -0.111. The number of rotatable bonds is 7. The van der Waals surface area contributed by atoms with E-state index in [9.17, 15) is 4.79 Å². The van der Waals surface area contributed by atoms with Crippen LogP contribution in [-0.2, 0) is 4.79 Å². The standard InChI is InChI=1S/C24H21N3O4S/c1-29-19-13-15(14-20(30-2)22(19)31-3)6-11-21(28)26-17-9-7-16(8-10-17)23-27-18-5-4-12-25-24(18)32-23/h4-14H,1-3H3,(H,26,28)/b11-6+. The molecule has 2 heterocycles. The van der Waals surface area contributed by atoms with Gasteiger partial charge in [-0.2, -0.15) is 0 Å². The molecular weight excluding hydrogens is 426 g/mol. The van der Waals surface area contributed by atoms with E-state index in [4.69, 9.17) is 14.2 Å². The lowest BCUT2D eigenvalue weighted by Crippen LogP contribution is -2.07. The molecule has 0 bridgehead atoms. The fraction of sp³-hybridized carbons (Fsp3) is 0.125. The molecule has 1 amide bonds. The SMILES string of the molecule is COc1cc(/C=C/C(=O)Nc2ccc(-c3nc4cccnc4s3)cc2)cc(OC)c1OC. The van der Waals surface area contributed by atoms with E-state index >= 15 is 0 Å². The third-order valence-electron chi connectivity index (χ3n) is 4.68. The Hall–Kier alpha value is -3.91. The molecule has 0 aliphatic carbocycles. The van der Waals surface area contributed by atoms with Crippen molar-refractivity contribution in [3.8, 4) is 27.8 Å². The molecule has 4 aromatic rings. The van der Waals surface area contributed by atoms with E-state index in [1.54, 1.807) is 45.7 Å². The van der Waals surface area contributed by atoms with Crippen molar-refractivity contribution in [3.05, 3.63) is 66.4 Å². The van der Waals surface area contributed by atoms with Gasteiger partial charge in [0.05, 0.1) is 21.3 Å². The highest BCUT2D eigenvalue weighted by Gasteiger charge is 2.12. The first-order chi connectivity index (χ1) is 15.6. The van der Waals surface area contributed by atoms with Gasteiger partial charge < -0.3 is 19.5 Å². The quantitative estimate of drug-likeness (QED) is 0.400. The second-order valence-electron chi connectivity index (χ2n) is 6.71. The van der Waals surface area contributed by atoms with Crippen molar-refractivity contribution < 1.29 is 19.0 Å². The van der Waals surface area contributed by atoms with Crippen molar-refractivity contribution in [1.29, 1.82) is 0 Å². The van der Waals surface area contributed by atoms with Gasteiger partial charge in [0.25, 0.3) is 0 Å². The molecule has 0 aliphatic rings. The number of benzene rings is 2. The summed E-state index contributed by atoms with van der Waals surface area (Å²) in [6, 6.07) is 14.9. The summed E-state index contributed by atoms with van der Waals surface area (Å²) in [7, 11) is 4.64. The molecule has 2 aromatic heterocycles. The van der Waals surface area contributed by atoms with Crippen LogP contribution in [0.4, 0.5) is 5.69 Å². The van der Waals surface area contributed by atoms with Gasteiger partial charge in [0, 0.05) is 23.5 Å². The zero-order chi connectivity index (χ0) is 22.5. The molecule has 8 heteroatoms. The van der Waals surface area contributed by atoms with Gasteiger partial charge in [-0.25, -0.2) is 9.97 Å². The van der Waals surface area contributed by atoms with Crippen molar-refractivity contribution in [3.63, 3.8) is 0 Å². The monoisotopic (exact) mass is 447 g/mol. The molecule has 0 unspecified atom stereocenters. The van der Waals surface area contributed by atoms with Gasteiger partial charge in [-0.3, -0.25) is 4.79 Å². The maximum absolute atomic E-state index is 12.4. The van der Waals surface area contributed by atoms with Crippen LogP contribution in [0.25, 0.3) is 27.0 Å². The Bertz CT molecular complexity index is 1220. The minimum absolute atomic E-state index is 0.254. The summed E-state index contributed by atoms with van der Waals surface area (Å²) < 4.78 is 16.0. The number of carbonyl (C=O) groups excluding carboxylic acids is 1. The zero-order valence-corrected chi connectivity index (χ0v) is 18.6. The Labute approximate surface area is 189 Å². The first-order valence-electron chi connectivity index (χ1n) is 9.72. The Balaban J connectivity index is 1.45. The molecule has 0 saturated carbocycles. The summed E-state index contributed by atoms with van der Waals surface area (Å²) in [5, 5.41) is 3.74. The molecule has 7 nitrogen and oxygen atoms in total. The third-order valence-corrected chi connectivity index (χ3v) is 5.71. The number of pyridine rings is 1. The topological polar surface area (TPSA) is 82.6 Å². The summed E-state index contributed by atoms with van der Waals surface area (Å²) in [5.74, 6) is 1.29. The number of nitrogens with one attached hydrogen (secondary N) is 1. The van der Waals surface area contributed by atoms with Gasteiger partial charge in [0.15, 0.2) is 11.5 Å². The van der Waals surface area contributed by atoms with Crippen LogP contribution in [0.5, 0.6) is 17.2 Å². The number of anilines is 1. The van der Waals surface area contributed by atoms with Crippen LogP contribution < -0.4 is 19.5 Å². The van der Waals surface area contributed by atoms with Crippen LogP contribution in [0.2, 0.25) is 0 Å². The van der Waals surface area contributed by atoms with E-state index in [0.29, 0.717) is 22.9 Å². The molecule has 0 atom stereocenters. The number of hydrogen-bond donors (Lipinski definition) is 1. The van der Waals surface area contributed by atoms with Crippen molar-refractivity contribution in [2.45, 2.75) is 0 Å². The zero-order valence-electron chi connectivity index (χ0n) is 17.8. The molecule has 0 spiro atoms. The molecule has 0 aliphatic heterocycles. The average Bonchev–Trinajstić information content (AvgIpc) is 3.26. The fourth-order valence-corrected chi connectivity index (χ4v) is 4.06. The van der Waals surface area contributed by atoms with Crippen LogP contribution >= 0.6 is 11.3 Å². The normalized spacial score (nSPS) is 11.0. The molecular formula is C24H21N3O4S. The first kappa shape index (κ1) is 21.3. The molecule has 32 heavy (non-hydrogen) atoms. The van der Waals surface area contributed by atoms with Crippen molar-refractivity contribution in [1.82, 2.24) is 9.97 Å². The van der Waals surface area contributed by atoms with Gasteiger partial charge in [-0.15, -0.1) is 0 Å². The van der Waals surface area contributed by atoms with Crippen LogP contribution in [0.15, 0.2) is 60.8 Å².